The maximum atomic E-state index is 2.52. The fourth-order valence-corrected chi connectivity index (χ4v) is 5.60. The molecule has 0 nitrogen and oxygen atoms in total. The summed E-state index contributed by atoms with van der Waals surface area (Å²) in [6.45, 7) is 0. The zero-order valence-electron chi connectivity index (χ0n) is 12.2. The van der Waals surface area contributed by atoms with Gasteiger partial charge in [0.05, 0.1) is 0 Å². The Bertz CT molecular complexity index is 599. The quantitative estimate of drug-likeness (QED) is 0.270. The molecule has 1 atom stereocenters. The second kappa shape index (κ2) is 7.39. The Morgan fingerprint density at radius 2 is 0.909 bits per heavy atom. The standard InChI is InChI=1S/C20H18IP/c21-22-16-20(17-10-4-1-5-11-17,18-12-6-2-7-13-18)19-14-8-3-9-15-19/h1-15,22H,16H2. The minimum Gasteiger partial charge on any atom is -0.0622 e. The second-order valence-electron chi connectivity index (χ2n) is 5.31. The van der Waals surface area contributed by atoms with Crippen LogP contribution in [0.5, 0.6) is 0 Å². The summed E-state index contributed by atoms with van der Waals surface area (Å²) in [6, 6.07) is 32.7. The van der Waals surface area contributed by atoms with Gasteiger partial charge in [0.25, 0.3) is 0 Å². The van der Waals surface area contributed by atoms with Crippen molar-refractivity contribution in [2.45, 2.75) is 5.41 Å². The Labute approximate surface area is 147 Å². The van der Waals surface area contributed by atoms with E-state index in [4.69, 9.17) is 0 Å². The fourth-order valence-electron chi connectivity index (χ4n) is 3.07. The molecule has 0 radical (unpaired) electrons. The van der Waals surface area contributed by atoms with E-state index in [-0.39, 0.29) is 5.41 Å². The number of hydrogen-bond acceptors (Lipinski definition) is 0. The first-order chi connectivity index (χ1) is 10.9. The first-order valence-corrected chi connectivity index (χ1v) is 11.7. The Hall–Kier alpha value is -1.18. The normalized spacial score (nSPS) is 11.9. The van der Waals surface area contributed by atoms with Crippen LogP contribution in [0.25, 0.3) is 0 Å². The average molecular weight is 416 g/mol. The van der Waals surface area contributed by atoms with Crippen LogP contribution < -0.4 is 0 Å². The Morgan fingerprint density at radius 1 is 0.591 bits per heavy atom. The van der Waals surface area contributed by atoms with E-state index < -0.39 is 0 Å². The van der Waals surface area contributed by atoms with Gasteiger partial charge in [0.15, 0.2) is 0 Å². The highest BCUT2D eigenvalue weighted by atomic mass is 127. The van der Waals surface area contributed by atoms with Crippen molar-refractivity contribution in [3.63, 3.8) is 0 Å². The Kier molecular flexibility index (Phi) is 5.28. The van der Waals surface area contributed by atoms with Crippen molar-refractivity contribution in [2.24, 2.45) is 0 Å². The van der Waals surface area contributed by atoms with Crippen LogP contribution in [-0.2, 0) is 5.41 Å². The van der Waals surface area contributed by atoms with Crippen molar-refractivity contribution < 1.29 is 0 Å². The van der Waals surface area contributed by atoms with Crippen LogP contribution >= 0.6 is 28.3 Å². The van der Waals surface area contributed by atoms with E-state index >= 15 is 0 Å². The van der Waals surface area contributed by atoms with E-state index in [1.54, 1.807) is 0 Å². The van der Waals surface area contributed by atoms with E-state index in [1.165, 1.54) is 16.7 Å². The van der Waals surface area contributed by atoms with Gasteiger partial charge in [-0.05, 0) is 22.9 Å². The van der Waals surface area contributed by atoms with Crippen LogP contribution in [0.15, 0.2) is 91.0 Å². The zero-order valence-corrected chi connectivity index (χ0v) is 15.4. The van der Waals surface area contributed by atoms with Crippen molar-refractivity contribution in [3.05, 3.63) is 108 Å². The van der Waals surface area contributed by atoms with Gasteiger partial charge < -0.3 is 0 Å². The smallest absolute Gasteiger partial charge is 0.0494 e. The van der Waals surface area contributed by atoms with Gasteiger partial charge >= 0.3 is 0 Å². The highest BCUT2D eigenvalue weighted by molar-refractivity contribution is 14.2. The van der Waals surface area contributed by atoms with Crippen LogP contribution in [0.3, 0.4) is 0 Å². The topological polar surface area (TPSA) is 0 Å². The molecule has 2 heteroatoms. The Balaban J connectivity index is 2.29. The SMILES string of the molecule is IPCC(c1ccccc1)(c1ccccc1)c1ccccc1. The lowest BCUT2D eigenvalue weighted by Gasteiger charge is -2.35. The van der Waals surface area contributed by atoms with Crippen molar-refractivity contribution in [1.82, 2.24) is 0 Å². The highest BCUT2D eigenvalue weighted by Crippen LogP contribution is 2.44. The molecule has 0 aliphatic rings. The minimum atomic E-state index is -0.0661. The lowest BCUT2D eigenvalue weighted by Crippen LogP contribution is -2.31. The summed E-state index contributed by atoms with van der Waals surface area (Å²) >= 11 is 2.52. The molecule has 0 aliphatic carbocycles. The molecular weight excluding hydrogens is 398 g/mol. The predicted octanol–water partition coefficient (Wildman–Crippen LogP) is 6.05. The van der Waals surface area contributed by atoms with E-state index in [0.717, 1.165) is 12.4 Å². The number of halogens is 1. The summed E-state index contributed by atoms with van der Waals surface area (Å²) in [4.78, 5) is 0. The minimum absolute atomic E-state index is 0.0661. The van der Waals surface area contributed by atoms with Gasteiger partial charge in [-0.25, -0.2) is 0 Å². The first kappa shape index (κ1) is 15.7. The van der Waals surface area contributed by atoms with Gasteiger partial charge in [-0.3, -0.25) is 0 Å². The molecule has 0 heterocycles. The van der Waals surface area contributed by atoms with Gasteiger partial charge in [-0.2, -0.15) is 0 Å². The highest BCUT2D eigenvalue weighted by Gasteiger charge is 2.35. The molecule has 3 rings (SSSR count). The van der Waals surface area contributed by atoms with Crippen LogP contribution in [-0.4, -0.2) is 6.16 Å². The van der Waals surface area contributed by atoms with Gasteiger partial charge in [0, 0.05) is 5.41 Å². The third-order valence-corrected chi connectivity index (χ3v) is 5.94. The number of rotatable bonds is 5. The van der Waals surface area contributed by atoms with Gasteiger partial charge in [-0.15, -0.1) is 0 Å². The molecule has 0 aliphatic heterocycles. The molecule has 1 unspecified atom stereocenters. The lowest BCUT2D eigenvalue weighted by molar-refractivity contribution is 0.705. The molecule has 3 aromatic rings. The third-order valence-electron chi connectivity index (χ3n) is 4.13. The molecule has 0 fully saturated rings. The van der Waals surface area contributed by atoms with Crippen LogP contribution in [0, 0.1) is 0 Å². The molecule has 0 spiro atoms. The van der Waals surface area contributed by atoms with E-state index in [1.807, 2.05) is 0 Å². The lowest BCUT2D eigenvalue weighted by atomic mass is 9.71. The van der Waals surface area contributed by atoms with Crippen molar-refractivity contribution >= 4 is 28.3 Å². The molecule has 0 aromatic heterocycles. The monoisotopic (exact) mass is 416 g/mol. The predicted molar refractivity (Wildman–Crippen MR) is 106 cm³/mol. The second-order valence-corrected chi connectivity index (χ2v) is 8.22. The van der Waals surface area contributed by atoms with Crippen molar-refractivity contribution in [1.29, 1.82) is 0 Å². The molecule has 3 aromatic carbocycles. The maximum Gasteiger partial charge on any atom is 0.0494 e. The molecule has 0 amide bonds. The van der Waals surface area contributed by atoms with Crippen LogP contribution in [0.4, 0.5) is 0 Å². The zero-order chi connectivity index (χ0) is 15.3. The summed E-state index contributed by atoms with van der Waals surface area (Å²) in [5.41, 5.74) is 4.05. The summed E-state index contributed by atoms with van der Waals surface area (Å²) < 4.78 is 0. The van der Waals surface area contributed by atoms with Crippen LogP contribution in [0.2, 0.25) is 0 Å². The molecule has 0 saturated carbocycles. The van der Waals surface area contributed by atoms with Crippen molar-refractivity contribution in [2.75, 3.05) is 6.16 Å². The van der Waals surface area contributed by atoms with Gasteiger partial charge in [0.2, 0.25) is 0 Å². The first-order valence-electron chi connectivity index (χ1n) is 7.38. The van der Waals surface area contributed by atoms with Gasteiger partial charge in [0.1, 0.15) is 0 Å². The summed E-state index contributed by atoms with van der Waals surface area (Å²) in [5.74, 6) is 0. The van der Waals surface area contributed by atoms with E-state index in [0.29, 0.717) is 0 Å². The van der Waals surface area contributed by atoms with Gasteiger partial charge in [-0.1, -0.05) is 119 Å². The molecule has 22 heavy (non-hydrogen) atoms. The summed E-state index contributed by atoms with van der Waals surface area (Å²) in [6.07, 6.45) is 1.97. The Morgan fingerprint density at radius 3 is 1.18 bits per heavy atom. The summed E-state index contributed by atoms with van der Waals surface area (Å²) in [5, 5.41) is 0. The molecule has 0 saturated heterocycles. The molecule has 0 bridgehead atoms. The van der Waals surface area contributed by atoms with Crippen molar-refractivity contribution in [3.8, 4) is 0 Å². The molecule has 110 valence electrons. The van der Waals surface area contributed by atoms with E-state index in [9.17, 15) is 0 Å². The fraction of sp³-hybridized carbons (Fsp3) is 0.100. The molecular formula is C20H18IP. The van der Waals surface area contributed by atoms with E-state index in [2.05, 4.69) is 113 Å². The third kappa shape index (κ3) is 2.98. The van der Waals surface area contributed by atoms with Crippen LogP contribution in [0.1, 0.15) is 16.7 Å². The molecule has 0 N–H and O–H groups in total. The summed E-state index contributed by atoms with van der Waals surface area (Å²) in [7, 11) is 0. The average Bonchev–Trinajstić information content (AvgIpc) is 2.62. The maximum absolute atomic E-state index is 2.52. The number of benzene rings is 3. The largest absolute Gasteiger partial charge is 0.0622 e. The number of hydrogen-bond donors (Lipinski definition) is 0.